The van der Waals surface area contributed by atoms with E-state index in [1.165, 1.54) is 0 Å². The van der Waals surface area contributed by atoms with Crippen molar-refractivity contribution in [2.24, 2.45) is 13.0 Å². The van der Waals surface area contributed by atoms with Gasteiger partial charge in [0.05, 0.1) is 5.69 Å². The van der Waals surface area contributed by atoms with E-state index in [4.69, 9.17) is 9.26 Å². The molecule has 0 aromatic carbocycles. The summed E-state index contributed by atoms with van der Waals surface area (Å²) in [7, 11) is 1.95. The van der Waals surface area contributed by atoms with E-state index in [-0.39, 0.29) is 12.0 Å². The standard InChI is InChI=1S/C15H23N5O2/c1-10(2)14-18-15(22-19-14)16-9-11-5-4-8-21-13(11)12-6-7-17-20(12)3/h6-7,10-11,13H,4-5,8-9H2,1-3H3,(H,16,18,19)/t11-,13+/m0/s1. The quantitative estimate of drug-likeness (QED) is 0.914. The minimum Gasteiger partial charge on any atom is -0.372 e. The topological polar surface area (TPSA) is 78.0 Å². The smallest absolute Gasteiger partial charge is 0.321 e. The van der Waals surface area contributed by atoms with Crippen LogP contribution < -0.4 is 5.32 Å². The molecule has 1 aliphatic rings. The van der Waals surface area contributed by atoms with E-state index in [1.54, 1.807) is 0 Å². The second kappa shape index (κ2) is 6.48. The van der Waals surface area contributed by atoms with Gasteiger partial charge in [0.15, 0.2) is 5.82 Å². The first-order chi connectivity index (χ1) is 10.6. The van der Waals surface area contributed by atoms with Crippen molar-refractivity contribution in [2.75, 3.05) is 18.5 Å². The number of hydrogen-bond acceptors (Lipinski definition) is 6. The molecule has 1 fully saturated rings. The maximum atomic E-state index is 5.98. The largest absolute Gasteiger partial charge is 0.372 e. The summed E-state index contributed by atoms with van der Waals surface area (Å²) >= 11 is 0. The summed E-state index contributed by atoms with van der Waals surface area (Å²) in [5.74, 6) is 1.35. The second-order valence-corrected chi connectivity index (χ2v) is 6.07. The summed E-state index contributed by atoms with van der Waals surface area (Å²) < 4.78 is 13.1. The van der Waals surface area contributed by atoms with E-state index in [1.807, 2.05) is 37.8 Å². The highest BCUT2D eigenvalue weighted by atomic mass is 16.5. The fourth-order valence-corrected chi connectivity index (χ4v) is 2.80. The van der Waals surface area contributed by atoms with Crippen molar-refractivity contribution in [2.45, 2.75) is 38.7 Å². The van der Waals surface area contributed by atoms with Crippen LogP contribution in [0.3, 0.4) is 0 Å². The van der Waals surface area contributed by atoms with Gasteiger partial charge in [-0.2, -0.15) is 10.1 Å². The summed E-state index contributed by atoms with van der Waals surface area (Å²) in [4.78, 5) is 4.35. The van der Waals surface area contributed by atoms with Gasteiger partial charge in [0.1, 0.15) is 6.10 Å². The molecule has 7 heteroatoms. The van der Waals surface area contributed by atoms with Gasteiger partial charge in [-0.15, -0.1) is 0 Å². The van der Waals surface area contributed by atoms with Crippen LogP contribution in [0.25, 0.3) is 0 Å². The molecule has 22 heavy (non-hydrogen) atoms. The Bertz CT molecular complexity index is 607. The van der Waals surface area contributed by atoms with Gasteiger partial charge in [-0.05, 0) is 18.9 Å². The van der Waals surface area contributed by atoms with Crippen LogP contribution in [0.15, 0.2) is 16.8 Å². The van der Waals surface area contributed by atoms with Gasteiger partial charge < -0.3 is 14.6 Å². The van der Waals surface area contributed by atoms with Crippen LogP contribution in [0.4, 0.5) is 6.01 Å². The molecule has 0 aliphatic carbocycles. The molecule has 0 bridgehead atoms. The zero-order chi connectivity index (χ0) is 15.5. The highest BCUT2D eigenvalue weighted by Gasteiger charge is 2.29. The van der Waals surface area contributed by atoms with E-state index >= 15 is 0 Å². The van der Waals surface area contributed by atoms with Gasteiger partial charge >= 0.3 is 6.01 Å². The van der Waals surface area contributed by atoms with Gasteiger partial charge in [-0.3, -0.25) is 4.68 Å². The number of aryl methyl sites for hydroxylation is 1. The molecule has 3 heterocycles. The van der Waals surface area contributed by atoms with Crippen LogP contribution in [0.5, 0.6) is 0 Å². The SMILES string of the molecule is CC(C)c1noc(NC[C@@H]2CCCO[C@H]2c2ccnn2C)n1. The zero-order valence-electron chi connectivity index (χ0n) is 13.3. The molecule has 0 radical (unpaired) electrons. The Hall–Kier alpha value is -1.89. The average Bonchev–Trinajstić information content (AvgIpc) is 3.14. The number of ether oxygens (including phenoxy) is 1. The number of aromatic nitrogens is 4. The zero-order valence-corrected chi connectivity index (χ0v) is 13.3. The Morgan fingerprint density at radius 1 is 1.45 bits per heavy atom. The van der Waals surface area contributed by atoms with Crippen LogP contribution in [0.1, 0.15) is 50.2 Å². The predicted octanol–water partition coefficient (Wildman–Crippen LogP) is 2.51. The third kappa shape index (κ3) is 3.14. The van der Waals surface area contributed by atoms with E-state index in [0.717, 1.165) is 37.5 Å². The van der Waals surface area contributed by atoms with Crippen molar-refractivity contribution in [1.82, 2.24) is 19.9 Å². The lowest BCUT2D eigenvalue weighted by molar-refractivity contribution is -0.0285. The first-order valence-electron chi connectivity index (χ1n) is 7.82. The molecule has 1 N–H and O–H groups in total. The third-order valence-electron chi connectivity index (χ3n) is 4.07. The van der Waals surface area contributed by atoms with Crippen molar-refractivity contribution in [3.05, 3.63) is 23.8 Å². The van der Waals surface area contributed by atoms with E-state index in [0.29, 0.717) is 11.9 Å². The molecule has 2 atom stereocenters. The normalized spacial score (nSPS) is 22.2. The van der Waals surface area contributed by atoms with Gasteiger partial charge in [-0.1, -0.05) is 19.0 Å². The van der Waals surface area contributed by atoms with Gasteiger partial charge in [0.2, 0.25) is 0 Å². The van der Waals surface area contributed by atoms with Crippen LogP contribution in [-0.2, 0) is 11.8 Å². The molecule has 2 aromatic heterocycles. The Kier molecular flexibility index (Phi) is 4.42. The molecule has 2 aromatic rings. The summed E-state index contributed by atoms with van der Waals surface area (Å²) in [6.07, 6.45) is 4.04. The first kappa shape index (κ1) is 15.0. The third-order valence-corrected chi connectivity index (χ3v) is 4.07. The molecule has 0 amide bonds. The summed E-state index contributed by atoms with van der Waals surface area (Å²) in [6, 6.07) is 2.50. The number of nitrogens with zero attached hydrogens (tertiary/aromatic N) is 4. The molecule has 0 saturated carbocycles. The van der Waals surface area contributed by atoms with Crippen LogP contribution in [-0.4, -0.2) is 33.1 Å². The minimum atomic E-state index is 0.0567. The number of rotatable bonds is 5. The Morgan fingerprint density at radius 2 is 2.32 bits per heavy atom. The van der Waals surface area contributed by atoms with Crippen molar-refractivity contribution in [3.8, 4) is 0 Å². The number of anilines is 1. The lowest BCUT2D eigenvalue weighted by Crippen LogP contribution is -2.29. The number of hydrogen-bond donors (Lipinski definition) is 1. The molecule has 0 unspecified atom stereocenters. The monoisotopic (exact) mass is 305 g/mol. The maximum Gasteiger partial charge on any atom is 0.321 e. The Morgan fingerprint density at radius 3 is 3.00 bits per heavy atom. The van der Waals surface area contributed by atoms with E-state index < -0.39 is 0 Å². The first-order valence-corrected chi connectivity index (χ1v) is 7.82. The maximum absolute atomic E-state index is 5.98. The fourth-order valence-electron chi connectivity index (χ4n) is 2.80. The van der Waals surface area contributed by atoms with E-state index in [2.05, 4.69) is 20.6 Å². The van der Waals surface area contributed by atoms with Gasteiger partial charge in [0, 0.05) is 38.2 Å². The molecule has 1 aliphatic heterocycles. The number of nitrogens with one attached hydrogen (secondary N) is 1. The summed E-state index contributed by atoms with van der Waals surface area (Å²) in [5, 5.41) is 11.5. The van der Waals surface area contributed by atoms with Crippen molar-refractivity contribution in [3.63, 3.8) is 0 Å². The molecule has 120 valence electrons. The van der Waals surface area contributed by atoms with Crippen molar-refractivity contribution in [1.29, 1.82) is 0 Å². The average molecular weight is 305 g/mol. The fraction of sp³-hybridized carbons (Fsp3) is 0.667. The molecule has 1 saturated heterocycles. The van der Waals surface area contributed by atoms with Crippen molar-refractivity contribution < 1.29 is 9.26 Å². The molecule has 0 spiro atoms. The lowest BCUT2D eigenvalue weighted by Gasteiger charge is -2.31. The van der Waals surface area contributed by atoms with E-state index in [9.17, 15) is 0 Å². The van der Waals surface area contributed by atoms with Gasteiger partial charge in [-0.25, -0.2) is 0 Å². The lowest BCUT2D eigenvalue weighted by atomic mass is 9.92. The highest BCUT2D eigenvalue weighted by molar-refractivity contribution is 5.20. The molecular weight excluding hydrogens is 282 g/mol. The minimum absolute atomic E-state index is 0.0567. The van der Waals surface area contributed by atoms with Crippen LogP contribution >= 0.6 is 0 Å². The highest BCUT2D eigenvalue weighted by Crippen LogP contribution is 2.33. The summed E-state index contributed by atoms with van der Waals surface area (Å²) in [5.41, 5.74) is 1.11. The predicted molar refractivity (Wildman–Crippen MR) is 81.5 cm³/mol. The summed E-state index contributed by atoms with van der Waals surface area (Å²) in [6.45, 7) is 5.63. The van der Waals surface area contributed by atoms with Crippen molar-refractivity contribution >= 4 is 6.01 Å². The van der Waals surface area contributed by atoms with Gasteiger partial charge in [0.25, 0.3) is 0 Å². The molecule has 3 rings (SSSR count). The van der Waals surface area contributed by atoms with Crippen LogP contribution in [0.2, 0.25) is 0 Å². The molecule has 7 nitrogen and oxygen atoms in total. The van der Waals surface area contributed by atoms with Crippen LogP contribution in [0, 0.1) is 5.92 Å². The Labute approximate surface area is 130 Å². The molecular formula is C15H23N5O2. The second-order valence-electron chi connectivity index (χ2n) is 6.07. The Balaban J connectivity index is 1.65.